The molecule has 0 saturated carbocycles. The first-order valence-corrected chi connectivity index (χ1v) is 5.21. The highest BCUT2D eigenvalue weighted by Crippen LogP contribution is 2.24. The molecule has 86 valence electrons. The maximum Gasteiger partial charge on any atom is 0.156 e. The number of nitrogens with zero attached hydrogens (tertiary/aromatic N) is 1. The molecule has 0 saturated heterocycles. The van der Waals surface area contributed by atoms with Crippen LogP contribution in [0.4, 0.5) is 0 Å². The highest BCUT2D eigenvalue weighted by Gasteiger charge is 2.08. The van der Waals surface area contributed by atoms with Crippen LogP contribution in [0.1, 0.15) is 11.3 Å². The summed E-state index contributed by atoms with van der Waals surface area (Å²) in [5.74, 6) is 1.10. The fourth-order valence-electron chi connectivity index (χ4n) is 1.48. The summed E-state index contributed by atoms with van der Waals surface area (Å²) in [4.78, 5) is 4.02. The van der Waals surface area contributed by atoms with Crippen LogP contribution in [-0.4, -0.2) is 10.8 Å². The molecule has 2 rings (SSSR count). The standard InChI is InChI=1S/C13H13N3O/c1-9-4-2-5-10(8-9)17-11-6-3-7-16-12(11)13(14)15/h2-8H,1H3,(H3,14,15). The molecule has 1 heterocycles. The van der Waals surface area contributed by atoms with Gasteiger partial charge < -0.3 is 10.5 Å². The fourth-order valence-corrected chi connectivity index (χ4v) is 1.48. The topological polar surface area (TPSA) is 72.0 Å². The van der Waals surface area contributed by atoms with Crippen LogP contribution in [0.15, 0.2) is 42.6 Å². The van der Waals surface area contributed by atoms with Gasteiger partial charge in [-0.2, -0.15) is 0 Å². The molecule has 0 bridgehead atoms. The van der Waals surface area contributed by atoms with E-state index in [1.165, 1.54) is 0 Å². The van der Waals surface area contributed by atoms with Gasteiger partial charge in [-0.1, -0.05) is 12.1 Å². The van der Waals surface area contributed by atoms with Gasteiger partial charge in [-0.3, -0.25) is 5.41 Å². The van der Waals surface area contributed by atoms with Gasteiger partial charge in [0.05, 0.1) is 0 Å². The first-order chi connectivity index (χ1) is 8.16. The lowest BCUT2D eigenvalue weighted by Crippen LogP contribution is -2.14. The summed E-state index contributed by atoms with van der Waals surface area (Å²) in [5, 5.41) is 7.42. The van der Waals surface area contributed by atoms with E-state index in [4.69, 9.17) is 15.9 Å². The van der Waals surface area contributed by atoms with Crippen LogP contribution in [0.25, 0.3) is 0 Å². The summed E-state index contributed by atoms with van der Waals surface area (Å²) < 4.78 is 5.67. The Hall–Kier alpha value is -2.36. The lowest BCUT2D eigenvalue weighted by atomic mass is 10.2. The summed E-state index contributed by atoms with van der Waals surface area (Å²) in [7, 11) is 0. The molecule has 4 nitrogen and oxygen atoms in total. The number of rotatable bonds is 3. The van der Waals surface area contributed by atoms with E-state index in [1.807, 2.05) is 31.2 Å². The number of nitrogens with one attached hydrogen (secondary N) is 1. The van der Waals surface area contributed by atoms with E-state index in [0.29, 0.717) is 17.2 Å². The summed E-state index contributed by atoms with van der Waals surface area (Å²) in [6.07, 6.45) is 1.58. The Balaban J connectivity index is 2.33. The van der Waals surface area contributed by atoms with Gasteiger partial charge >= 0.3 is 0 Å². The summed E-state index contributed by atoms with van der Waals surface area (Å²) in [6, 6.07) is 11.2. The van der Waals surface area contributed by atoms with E-state index in [9.17, 15) is 0 Å². The molecule has 0 amide bonds. The number of hydrogen-bond donors (Lipinski definition) is 2. The van der Waals surface area contributed by atoms with Gasteiger partial charge in [-0.15, -0.1) is 0 Å². The van der Waals surface area contributed by atoms with Crippen LogP contribution < -0.4 is 10.5 Å². The Kier molecular flexibility index (Phi) is 3.05. The molecule has 1 aromatic carbocycles. The summed E-state index contributed by atoms with van der Waals surface area (Å²) in [5.41, 5.74) is 6.90. The second-order valence-corrected chi connectivity index (χ2v) is 3.68. The van der Waals surface area contributed by atoms with Gasteiger partial charge in [-0.25, -0.2) is 4.98 Å². The third kappa shape index (κ3) is 2.60. The second kappa shape index (κ2) is 4.65. The summed E-state index contributed by atoms with van der Waals surface area (Å²) >= 11 is 0. The number of nitrogen functional groups attached to an aromatic ring is 1. The van der Waals surface area contributed by atoms with Crippen LogP contribution in [0.2, 0.25) is 0 Å². The first-order valence-electron chi connectivity index (χ1n) is 5.21. The molecule has 2 aromatic rings. The van der Waals surface area contributed by atoms with E-state index in [-0.39, 0.29) is 5.84 Å². The number of amidine groups is 1. The van der Waals surface area contributed by atoms with Crippen molar-refractivity contribution < 1.29 is 4.74 Å². The van der Waals surface area contributed by atoms with Crippen molar-refractivity contribution >= 4 is 5.84 Å². The lowest BCUT2D eigenvalue weighted by Gasteiger charge is -2.09. The Labute approximate surface area is 99.6 Å². The van der Waals surface area contributed by atoms with E-state index < -0.39 is 0 Å². The Bertz CT molecular complexity index is 552. The molecule has 0 unspecified atom stereocenters. The predicted molar refractivity (Wildman–Crippen MR) is 66.5 cm³/mol. The monoisotopic (exact) mass is 227 g/mol. The van der Waals surface area contributed by atoms with E-state index in [0.717, 1.165) is 5.56 Å². The average Bonchev–Trinajstić information content (AvgIpc) is 2.29. The molecular formula is C13H13N3O. The number of benzene rings is 1. The highest BCUT2D eigenvalue weighted by molar-refractivity contribution is 5.95. The largest absolute Gasteiger partial charge is 0.455 e. The molecule has 4 heteroatoms. The normalized spacial score (nSPS) is 9.94. The fraction of sp³-hybridized carbons (Fsp3) is 0.0769. The van der Waals surface area contributed by atoms with Gasteiger partial charge in [0, 0.05) is 6.20 Å². The van der Waals surface area contributed by atoms with Crippen molar-refractivity contribution in [2.75, 3.05) is 0 Å². The molecule has 0 aliphatic carbocycles. The molecule has 1 aromatic heterocycles. The van der Waals surface area contributed by atoms with Gasteiger partial charge in [0.1, 0.15) is 17.3 Å². The van der Waals surface area contributed by atoms with Crippen LogP contribution in [-0.2, 0) is 0 Å². The van der Waals surface area contributed by atoms with Gasteiger partial charge in [-0.05, 0) is 36.8 Å². The van der Waals surface area contributed by atoms with E-state index in [2.05, 4.69) is 4.98 Å². The Morgan fingerprint density at radius 3 is 2.82 bits per heavy atom. The van der Waals surface area contributed by atoms with Gasteiger partial charge in [0.2, 0.25) is 0 Å². The highest BCUT2D eigenvalue weighted by atomic mass is 16.5. The molecule has 0 spiro atoms. The molecule has 17 heavy (non-hydrogen) atoms. The van der Waals surface area contributed by atoms with Crippen molar-refractivity contribution in [3.05, 3.63) is 53.9 Å². The Morgan fingerprint density at radius 2 is 2.12 bits per heavy atom. The molecule has 3 N–H and O–H groups in total. The number of aromatic nitrogens is 1. The molecule has 0 atom stereocenters. The minimum Gasteiger partial charge on any atom is -0.455 e. The van der Waals surface area contributed by atoms with Crippen LogP contribution >= 0.6 is 0 Å². The van der Waals surface area contributed by atoms with E-state index >= 15 is 0 Å². The number of aryl methyl sites for hydroxylation is 1. The molecule has 0 aliphatic rings. The maximum atomic E-state index is 7.42. The van der Waals surface area contributed by atoms with Crippen LogP contribution in [0.5, 0.6) is 11.5 Å². The minimum atomic E-state index is -0.103. The van der Waals surface area contributed by atoms with Gasteiger partial charge in [0.25, 0.3) is 0 Å². The van der Waals surface area contributed by atoms with Crippen molar-refractivity contribution in [1.82, 2.24) is 4.98 Å². The average molecular weight is 227 g/mol. The van der Waals surface area contributed by atoms with Crippen molar-refractivity contribution in [2.24, 2.45) is 5.73 Å². The smallest absolute Gasteiger partial charge is 0.156 e. The molecule has 0 radical (unpaired) electrons. The number of nitrogens with two attached hydrogens (primary N) is 1. The van der Waals surface area contributed by atoms with Gasteiger partial charge in [0.15, 0.2) is 5.75 Å². The molecule has 0 aliphatic heterocycles. The zero-order valence-electron chi connectivity index (χ0n) is 9.47. The van der Waals surface area contributed by atoms with Crippen LogP contribution in [0, 0.1) is 12.3 Å². The van der Waals surface area contributed by atoms with Crippen molar-refractivity contribution in [3.63, 3.8) is 0 Å². The maximum absolute atomic E-state index is 7.42. The van der Waals surface area contributed by atoms with Crippen molar-refractivity contribution in [2.45, 2.75) is 6.92 Å². The molecule has 0 fully saturated rings. The zero-order valence-corrected chi connectivity index (χ0v) is 9.47. The number of ether oxygens (including phenoxy) is 1. The Morgan fingerprint density at radius 1 is 1.29 bits per heavy atom. The quantitative estimate of drug-likeness (QED) is 0.625. The number of hydrogen-bond acceptors (Lipinski definition) is 3. The van der Waals surface area contributed by atoms with Crippen molar-refractivity contribution in [3.8, 4) is 11.5 Å². The molecular weight excluding hydrogens is 214 g/mol. The third-order valence-corrected chi connectivity index (χ3v) is 2.24. The second-order valence-electron chi connectivity index (χ2n) is 3.68. The first kappa shape index (κ1) is 11.1. The van der Waals surface area contributed by atoms with Crippen LogP contribution in [0.3, 0.4) is 0 Å². The van der Waals surface area contributed by atoms with Crippen molar-refractivity contribution in [1.29, 1.82) is 5.41 Å². The minimum absolute atomic E-state index is 0.103. The lowest BCUT2D eigenvalue weighted by molar-refractivity contribution is 0.478. The van der Waals surface area contributed by atoms with E-state index in [1.54, 1.807) is 18.3 Å². The SMILES string of the molecule is Cc1cccc(Oc2cccnc2C(=N)N)c1. The third-order valence-electron chi connectivity index (χ3n) is 2.24. The number of pyridine rings is 1. The predicted octanol–water partition coefficient (Wildman–Crippen LogP) is 2.47. The zero-order chi connectivity index (χ0) is 12.3. The summed E-state index contributed by atoms with van der Waals surface area (Å²) in [6.45, 7) is 1.99.